The molecule has 2 aromatic rings. The summed E-state index contributed by atoms with van der Waals surface area (Å²) in [5, 5.41) is 15.9. The van der Waals surface area contributed by atoms with Gasteiger partial charge in [0.1, 0.15) is 29.5 Å². The van der Waals surface area contributed by atoms with E-state index < -0.39 is 0 Å². The number of rotatable bonds is 9. The predicted molar refractivity (Wildman–Crippen MR) is 142 cm³/mol. The van der Waals surface area contributed by atoms with Crippen LogP contribution in [0, 0.1) is 5.41 Å². The molecule has 3 heterocycles. The zero-order valence-electron chi connectivity index (χ0n) is 20.3. The number of piperidine rings is 1. The summed E-state index contributed by atoms with van der Waals surface area (Å²) in [5.41, 5.74) is 7.76. The van der Waals surface area contributed by atoms with E-state index in [4.69, 9.17) is 15.9 Å². The minimum Gasteiger partial charge on any atom is -0.457 e. The minimum atomic E-state index is 0.280. The highest BCUT2D eigenvalue weighted by atomic mass is 16.5. The molecule has 2 aliphatic rings. The van der Waals surface area contributed by atoms with Crippen molar-refractivity contribution in [2.24, 2.45) is 0 Å². The molecule has 1 unspecified atom stereocenters. The molecule has 2 fully saturated rings. The van der Waals surface area contributed by atoms with E-state index in [9.17, 15) is 0 Å². The Balaban J connectivity index is 1.45. The summed E-state index contributed by atoms with van der Waals surface area (Å²) < 4.78 is 5.89. The quantitative estimate of drug-likeness (QED) is 0.249. The summed E-state index contributed by atoms with van der Waals surface area (Å²) >= 11 is 0. The summed E-state index contributed by atoms with van der Waals surface area (Å²) in [5.74, 6) is 2.28. The second kappa shape index (κ2) is 11.8. The van der Waals surface area contributed by atoms with Gasteiger partial charge in [-0.2, -0.15) is 0 Å². The van der Waals surface area contributed by atoms with E-state index in [2.05, 4.69) is 32.1 Å². The van der Waals surface area contributed by atoms with Gasteiger partial charge in [0.25, 0.3) is 0 Å². The number of nitrogen functional groups attached to an aromatic ring is 1. The number of nitrogens with one attached hydrogen (secondary N) is 3. The number of ether oxygens (including phenoxy) is 1. The van der Waals surface area contributed by atoms with E-state index >= 15 is 0 Å². The van der Waals surface area contributed by atoms with Gasteiger partial charge >= 0.3 is 0 Å². The topological polar surface area (TPSA) is 112 Å². The van der Waals surface area contributed by atoms with Crippen LogP contribution in [0.5, 0.6) is 5.75 Å². The first kappa shape index (κ1) is 24.6. The van der Waals surface area contributed by atoms with Crippen molar-refractivity contribution in [1.82, 2.24) is 20.2 Å². The molecule has 4 rings (SSSR count). The molecule has 2 saturated heterocycles. The van der Waals surface area contributed by atoms with Crippen LogP contribution in [0.25, 0.3) is 0 Å². The third-order valence-electron chi connectivity index (χ3n) is 6.54. The van der Waals surface area contributed by atoms with Gasteiger partial charge in [0.15, 0.2) is 0 Å². The number of nitrogens with two attached hydrogens (primary N) is 1. The maximum Gasteiger partial charge on any atom is 0.141 e. The lowest BCUT2D eigenvalue weighted by molar-refractivity contribution is 0.166. The lowest BCUT2D eigenvalue weighted by Crippen LogP contribution is -2.45. The molecule has 0 aliphatic carbocycles. The monoisotopic (exact) mass is 473 g/mol. The molecule has 0 saturated carbocycles. The standard InChI is InChI=1S/C27H35N7O/c1-3-5-22(6-4-2)35-23-9-7-19(8-10-23)25(28)24-26(29)31-18-32-27(24)33-20-12-15-34(16-13-20)21-11-14-30-17-21/h3-10,18,20-21,28,30H,1,11-17H2,2H3,(H3,29,31,32,33)/b6-4-,22-5+,28-25?. The Labute approximate surface area is 207 Å². The Kier molecular flexibility index (Phi) is 8.28. The first-order chi connectivity index (χ1) is 17.1. The summed E-state index contributed by atoms with van der Waals surface area (Å²) in [4.78, 5) is 11.2. The lowest BCUT2D eigenvalue weighted by Gasteiger charge is -2.36. The van der Waals surface area contributed by atoms with Crippen molar-refractivity contribution in [1.29, 1.82) is 5.41 Å². The van der Waals surface area contributed by atoms with Crippen LogP contribution in [-0.4, -0.2) is 58.8 Å². The third kappa shape index (κ3) is 6.15. The van der Waals surface area contributed by atoms with Crippen LogP contribution >= 0.6 is 0 Å². The van der Waals surface area contributed by atoms with Crippen molar-refractivity contribution < 1.29 is 4.74 Å². The Morgan fingerprint density at radius 1 is 1.23 bits per heavy atom. The molecular formula is C27H35N7O. The minimum absolute atomic E-state index is 0.280. The van der Waals surface area contributed by atoms with Crippen LogP contribution in [0.3, 0.4) is 0 Å². The fraction of sp³-hybridized carbons (Fsp3) is 0.370. The second-order valence-corrected chi connectivity index (χ2v) is 8.89. The Morgan fingerprint density at radius 3 is 2.66 bits per heavy atom. The van der Waals surface area contributed by atoms with E-state index in [1.165, 1.54) is 12.7 Å². The molecule has 2 aliphatic heterocycles. The lowest BCUT2D eigenvalue weighted by atomic mass is 10.0. The average Bonchev–Trinajstić information content (AvgIpc) is 3.40. The molecule has 5 N–H and O–H groups in total. The SMILES string of the molecule is C=C/C=C(\C=C/C)Oc1ccc(C(=N)c2c(N)ncnc2NC2CCN(C3CCNC3)CC2)cc1. The molecule has 184 valence electrons. The Morgan fingerprint density at radius 2 is 2.00 bits per heavy atom. The molecule has 1 aromatic heterocycles. The maximum atomic E-state index is 8.87. The number of hydrogen-bond acceptors (Lipinski definition) is 8. The number of aromatic nitrogens is 2. The summed E-state index contributed by atoms with van der Waals surface area (Å²) in [6.45, 7) is 9.98. The van der Waals surface area contributed by atoms with Crippen LogP contribution in [0.1, 0.15) is 37.3 Å². The fourth-order valence-electron chi connectivity index (χ4n) is 4.68. The molecular weight excluding hydrogens is 438 g/mol. The Hall–Kier alpha value is -3.49. The molecule has 35 heavy (non-hydrogen) atoms. The molecule has 0 radical (unpaired) electrons. The van der Waals surface area contributed by atoms with E-state index in [-0.39, 0.29) is 5.71 Å². The number of nitrogens with zero attached hydrogens (tertiary/aromatic N) is 3. The van der Waals surface area contributed by atoms with Crippen LogP contribution in [0.2, 0.25) is 0 Å². The van der Waals surface area contributed by atoms with Gasteiger partial charge in [0.2, 0.25) is 0 Å². The molecule has 1 atom stereocenters. The van der Waals surface area contributed by atoms with Gasteiger partial charge in [-0.1, -0.05) is 18.7 Å². The summed E-state index contributed by atoms with van der Waals surface area (Å²) in [7, 11) is 0. The number of hydrogen-bond donors (Lipinski definition) is 4. The van der Waals surface area contributed by atoms with Crippen molar-refractivity contribution in [2.45, 2.75) is 38.3 Å². The highest BCUT2D eigenvalue weighted by Crippen LogP contribution is 2.26. The average molecular weight is 474 g/mol. The molecule has 0 amide bonds. The van der Waals surface area contributed by atoms with Crippen molar-refractivity contribution >= 4 is 17.3 Å². The van der Waals surface area contributed by atoms with Crippen molar-refractivity contribution in [3.8, 4) is 5.75 Å². The smallest absolute Gasteiger partial charge is 0.141 e. The first-order valence-electron chi connectivity index (χ1n) is 12.2. The molecule has 1 aromatic carbocycles. The van der Waals surface area contributed by atoms with Crippen molar-refractivity contribution in [2.75, 3.05) is 37.2 Å². The third-order valence-corrected chi connectivity index (χ3v) is 6.54. The van der Waals surface area contributed by atoms with Gasteiger partial charge in [-0.3, -0.25) is 10.3 Å². The zero-order valence-corrected chi connectivity index (χ0v) is 20.3. The Bertz CT molecular complexity index is 1080. The van der Waals surface area contributed by atoms with Crippen LogP contribution in [0.4, 0.5) is 11.6 Å². The van der Waals surface area contributed by atoms with Gasteiger partial charge in [-0.25, -0.2) is 9.97 Å². The summed E-state index contributed by atoms with van der Waals surface area (Å²) in [6, 6.07) is 8.32. The van der Waals surface area contributed by atoms with Crippen molar-refractivity contribution in [3.63, 3.8) is 0 Å². The van der Waals surface area contributed by atoms with Gasteiger partial charge in [0, 0.05) is 37.3 Å². The highest BCUT2D eigenvalue weighted by Gasteiger charge is 2.28. The molecule has 8 heteroatoms. The first-order valence-corrected chi connectivity index (χ1v) is 12.2. The number of benzene rings is 1. The maximum absolute atomic E-state index is 8.87. The second-order valence-electron chi connectivity index (χ2n) is 8.89. The highest BCUT2D eigenvalue weighted by molar-refractivity contribution is 6.16. The number of anilines is 2. The van der Waals surface area contributed by atoms with E-state index in [1.54, 1.807) is 12.2 Å². The van der Waals surface area contributed by atoms with Crippen LogP contribution in [0.15, 0.2) is 67.2 Å². The van der Waals surface area contributed by atoms with E-state index in [0.717, 1.165) is 39.0 Å². The van der Waals surface area contributed by atoms with Crippen LogP contribution < -0.4 is 21.1 Å². The molecule has 0 bridgehead atoms. The van der Waals surface area contributed by atoms with E-state index in [1.807, 2.05) is 43.3 Å². The van der Waals surface area contributed by atoms with Gasteiger partial charge in [-0.05, 0) is 69.1 Å². The number of likely N-dealkylation sites (tertiary alicyclic amines) is 1. The van der Waals surface area contributed by atoms with Crippen molar-refractivity contribution in [3.05, 3.63) is 78.4 Å². The van der Waals surface area contributed by atoms with E-state index in [0.29, 0.717) is 46.4 Å². The zero-order chi connectivity index (χ0) is 24.6. The normalized spacial score (nSPS) is 19.7. The van der Waals surface area contributed by atoms with Gasteiger partial charge in [0.05, 0.1) is 11.3 Å². The van der Waals surface area contributed by atoms with Crippen LogP contribution in [-0.2, 0) is 0 Å². The molecule has 8 nitrogen and oxygen atoms in total. The number of allylic oxidation sites excluding steroid dienone is 4. The van der Waals surface area contributed by atoms with Gasteiger partial charge < -0.3 is 21.1 Å². The summed E-state index contributed by atoms with van der Waals surface area (Å²) in [6.07, 6.45) is 12.0. The fourth-order valence-corrected chi connectivity index (χ4v) is 4.68. The largest absolute Gasteiger partial charge is 0.457 e. The molecule has 0 spiro atoms. The van der Waals surface area contributed by atoms with Gasteiger partial charge in [-0.15, -0.1) is 0 Å². The predicted octanol–water partition coefficient (Wildman–Crippen LogP) is 3.74.